The van der Waals surface area contributed by atoms with Crippen LogP contribution in [0.3, 0.4) is 0 Å². The highest BCUT2D eigenvalue weighted by Crippen LogP contribution is 2.37. The summed E-state index contributed by atoms with van der Waals surface area (Å²) in [6, 6.07) is 0. The van der Waals surface area contributed by atoms with Crippen LogP contribution < -0.4 is 5.73 Å². The van der Waals surface area contributed by atoms with Gasteiger partial charge in [-0.05, 0) is 21.7 Å². The molecule has 4 heterocycles. The third-order valence-corrected chi connectivity index (χ3v) is 5.47. The SMILES string of the molecule is Cn1cnc([N+](=O)[O-])c1Sc1nc(N)nc2c1ncn2[C@@H]1C[C@@H](O)[C@H](CO)O1. The van der Waals surface area contributed by atoms with Crippen LogP contribution in [0, 0.1) is 10.1 Å². The molecule has 4 N–H and O–H groups in total. The zero-order valence-electron chi connectivity index (χ0n) is 14.5. The monoisotopic (exact) mass is 408 g/mol. The lowest BCUT2D eigenvalue weighted by Gasteiger charge is -2.13. The molecule has 0 radical (unpaired) electrons. The summed E-state index contributed by atoms with van der Waals surface area (Å²) >= 11 is 1.00. The number of nitro groups is 1. The zero-order chi connectivity index (χ0) is 20.0. The molecule has 28 heavy (non-hydrogen) atoms. The number of ether oxygens (including phenoxy) is 1. The summed E-state index contributed by atoms with van der Waals surface area (Å²) in [5.74, 6) is -0.343. The van der Waals surface area contributed by atoms with Gasteiger partial charge in [-0.25, -0.2) is 9.97 Å². The van der Waals surface area contributed by atoms with Gasteiger partial charge < -0.3 is 35.4 Å². The van der Waals surface area contributed by atoms with Crippen molar-refractivity contribution in [3.63, 3.8) is 0 Å². The molecule has 4 rings (SSSR count). The molecule has 1 saturated heterocycles. The number of aliphatic hydroxyl groups is 2. The number of rotatable bonds is 5. The van der Waals surface area contributed by atoms with E-state index in [2.05, 4.69) is 19.9 Å². The van der Waals surface area contributed by atoms with Gasteiger partial charge >= 0.3 is 5.82 Å². The van der Waals surface area contributed by atoms with Crippen molar-refractivity contribution >= 4 is 34.7 Å². The summed E-state index contributed by atoms with van der Waals surface area (Å²) < 4.78 is 8.74. The molecular formula is C14H16N8O5S. The number of nitrogens with two attached hydrogens (primary N) is 1. The van der Waals surface area contributed by atoms with Crippen LogP contribution in [0.4, 0.5) is 11.8 Å². The highest BCUT2D eigenvalue weighted by molar-refractivity contribution is 7.99. The standard InChI is InChI=1S/C14H16N8O5S/c1-20-4-17-11(22(25)26)13(20)28-12-9-10(18-14(15)19-12)21(5-16-9)8-2-6(24)7(3-23)27-8/h4-8,23-24H,2-3H2,1H3,(H2,15,18,19)/t6-,7+,8+/m1/s1. The predicted octanol–water partition coefficient (Wildman–Crippen LogP) is -0.158. The summed E-state index contributed by atoms with van der Waals surface area (Å²) in [5.41, 5.74) is 6.57. The Morgan fingerprint density at radius 3 is 2.89 bits per heavy atom. The van der Waals surface area contributed by atoms with E-state index in [4.69, 9.17) is 10.5 Å². The van der Waals surface area contributed by atoms with E-state index < -0.39 is 23.4 Å². The number of imidazole rings is 2. The number of aliphatic hydroxyl groups excluding tert-OH is 2. The normalized spacial score (nSPS) is 22.2. The summed E-state index contributed by atoms with van der Waals surface area (Å²) in [5, 5.41) is 31.0. The van der Waals surface area contributed by atoms with Gasteiger partial charge in [-0.2, -0.15) is 4.98 Å². The van der Waals surface area contributed by atoms with Crippen LogP contribution in [0.15, 0.2) is 22.7 Å². The third kappa shape index (κ3) is 3.05. The van der Waals surface area contributed by atoms with E-state index >= 15 is 0 Å². The fraction of sp³-hybridized carbons (Fsp3) is 0.429. The quantitative estimate of drug-likeness (QED) is 0.290. The van der Waals surface area contributed by atoms with Gasteiger partial charge in [0, 0.05) is 13.5 Å². The molecule has 0 saturated carbocycles. The molecule has 1 fully saturated rings. The van der Waals surface area contributed by atoms with Crippen molar-refractivity contribution in [1.29, 1.82) is 0 Å². The van der Waals surface area contributed by atoms with Crippen molar-refractivity contribution in [3.8, 4) is 0 Å². The predicted molar refractivity (Wildman–Crippen MR) is 95.3 cm³/mol. The number of aryl methyl sites for hydroxylation is 1. The van der Waals surface area contributed by atoms with E-state index in [0.717, 1.165) is 11.8 Å². The highest BCUT2D eigenvalue weighted by Gasteiger charge is 2.35. The highest BCUT2D eigenvalue weighted by atomic mass is 32.2. The maximum atomic E-state index is 11.2. The number of hydrogen-bond donors (Lipinski definition) is 3. The number of nitrogen functional groups attached to an aromatic ring is 1. The van der Waals surface area contributed by atoms with Gasteiger partial charge in [-0.15, -0.1) is 0 Å². The Morgan fingerprint density at radius 1 is 1.43 bits per heavy atom. The molecule has 0 spiro atoms. The number of hydrogen-bond acceptors (Lipinski definition) is 11. The number of fused-ring (bicyclic) bond motifs is 1. The second kappa shape index (κ2) is 6.97. The molecule has 3 aromatic heterocycles. The molecule has 148 valence electrons. The van der Waals surface area contributed by atoms with Crippen molar-refractivity contribution in [1.82, 2.24) is 29.1 Å². The lowest BCUT2D eigenvalue weighted by Crippen LogP contribution is -2.24. The largest absolute Gasteiger partial charge is 0.396 e. The number of nitrogens with zero attached hydrogens (tertiary/aromatic N) is 7. The van der Waals surface area contributed by atoms with Gasteiger partial charge in [0.1, 0.15) is 22.9 Å². The Kier molecular flexibility index (Phi) is 4.62. The van der Waals surface area contributed by atoms with Crippen LogP contribution in [0.1, 0.15) is 12.6 Å². The average molecular weight is 408 g/mol. The van der Waals surface area contributed by atoms with Gasteiger partial charge in [0.25, 0.3) is 0 Å². The lowest BCUT2D eigenvalue weighted by molar-refractivity contribution is -0.392. The molecule has 1 aliphatic rings. The minimum absolute atomic E-state index is 0.0428. The first-order chi connectivity index (χ1) is 13.4. The lowest BCUT2D eigenvalue weighted by atomic mass is 10.2. The van der Waals surface area contributed by atoms with Crippen LogP contribution in [-0.2, 0) is 11.8 Å². The molecule has 1 aliphatic heterocycles. The van der Waals surface area contributed by atoms with Crippen molar-refractivity contribution in [3.05, 3.63) is 22.8 Å². The smallest absolute Gasteiger partial charge is 0.394 e. The second-order valence-corrected chi connectivity index (χ2v) is 7.15. The first kappa shape index (κ1) is 18.5. The van der Waals surface area contributed by atoms with Gasteiger partial charge in [-0.3, -0.25) is 4.57 Å². The van der Waals surface area contributed by atoms with Gasteiger partial charge in [-0.1, -0.05) is 0 Å². The number of aromatic nitrogens is 6. The van der Waals surface area contributed by atoms with Crippen molar-refractivity contribution < 1.29 is 19.9 Å². The van der Waals surface area contributed by atoms with E-state index in [1.54, 1.807) is 11.6 Å². The topological polar surface area (TPSA) is 180 Å². The summed E-state index contributed by atoms with van der Waals surface area (Å²) in [6.45, 7) is -0.313. The summed E-state index contributed by atoms with van der Waals surface area (Å²) in [7, 11) is 1.63. The van der Waals surface area contributed by atoms with Gasteiger partial charge in [0.05, 0.1) is 19.0 Å². The minimum Gasteiger partial charge on any atom is -0.394 e. The van der Waals surface area contributed by atoms with Crippen LogP contribution >= 0.6 is 11.8 Å². The molecule has 0 bridgehead atoms. The molecule has 0 aliphatic carbocycles. The second-order valence-electron chi connectivity index (χ2n) is 6.17. The Balaban J connectivity index is 1.75. The first-order valence-electron chi connectivity index (χ1n) is 8.17. The maximum Gasteiger partial charge on any atom is 0.396 e. The summed E-state index contributed by atoms with van der Waals surface area (Å²) in [6.07, 6.45) is 0.942. The van der Waals surface area contributed by atoms with Crippen LogP contribution in [0.25, 0.3) is 11.2 Å². The van der Waals surface area contributed by atoms with Crippen molar-refractivity contribution in [2.24, 2.45) is 7.05 Å². The van der Waals surface area contributed by atoms with E-state index in [1.165, 1.54) is 17.2 Å². The maximum absolute atomic E-state index is 11.2. The van der Waals surface area contributed by atoms with E-state index in [0.29, 0.717) is 16.2 Å². The van der Waals surface area contributed by atoms with Gasteiger partial charge in [0.15, 0.2) is 10.7 Å². The fourth-order valence-corrected chi connectivity index (χ4v) is 3.95. The number of anilines is 1. The minimum atomic E-state index is -0.822. The van der Waals surface area contributed by atoms with Crippen LogP contribution in [0.2, 0.25) is 0 Å². The molecular weight excluding hydrogens is 392 g/mol. The van der Waals surface area contributed by atoms with E-state index in [-0.39, 0.29) is 29.8 Å². The Hall–Kier alpha value is -2.81. The van der Waals surface area contributed by atoms with Crippen molar-refractivity contribution in [2.75, 3.05) is 12.3 Å². The van der Waals surface area contributed by atoms with E-state index in [1.807, 2.05) is 0 Å². The fourth-order valence-electron chi connectivity index (χ4n) is 2.98. The van der Waals surface area contributed by atoms with E-state index in [9.17, 15) is 20.3 Å². The molecule has 0 amide bonds. The third-order valence-electron chi connectivity index (χ3n) is 4.33. The Labute approximate surface area is 161 Å². The summed E-state index contributed by atoms with van der Waals surface area (Å²) in [4.78, 5) is 27.1. The molecule has 3 atom stereocenters. The van der Waals surface area contributed by atoms with Crippen molar-refractivity contribution in [2.45, 2.75) is 34.9 Å². The molecule has 14 heteroatoms. The molecule has 0 aromatic carbocycles. The Bertz CT molecular complexity index is 1050. The molecule has 0 unspecified atom stereocenters. The first-order valence-corrected chi connectivity index (χ1v) is 8.98. The molecule has 3 aromatic rings. The average Bonchev–Trinajstić information content (AvgIpc) is 3.32. The Morgan fingerprint density at radius 2 is 2.21 bits per heavy atom. The van der Waals surface area contributed by atoms with Crippen LogP contribution in [-0.4, -0.2) is 63.0 Å². The zero-order valence-corrected chi connectivity index (χ0v) is 15.4. The van der Waals surface area contributed by atoms with Gasteiger partial charge in [0.2, 0.25) is 12.3 Å². The van der Waals surface area contributed by atoms with Crippen LogP contribution in [0.5, 0.6) is 0 Å². The molecule has 13 nitrogen and oxygen atoms in total.